The maximum atomic E-state index is 9.59. The second-order valence-electron chi connectivity index (χ2n) is 4.26. The van der Waals surface area contributed by atoms with Gasteiger partial charge < -0.3 is 15.2 Å². The van der Waals surface area contributed by atoms with Crippen molar-refractivity contribution in [1.82, 2.24) is 10.2 Å². The van der Waals surface area contributed by atoms with E-state index in [9.17, 15) is 5.11 Å². The Labute approximate surface area is 114 Å². The smallest absolute Gasteiger partial charge is 0.119 e. The van der Waals surface area contributed by atoms with Crippen LogP contribution in [0.3, 0.4) is 0 Å². The van der Waals surface area contributed by atoms with Crippen LogP contribution in [0.5, 0.6) is 5.75 Å². The lowest BCUT2D eigenvalue weighted by atomic mass is 10.0. The van der Waals surface area contributed by atoms with Gasteiger partial charge in [0.1, 0.15) is 5.75 Å². The summed E-state index contributed by atoms with van der Waals surface area (Å²) in [6, 6.07) is 8.02. The number of benzene rings is 1. The van der Waals surface area contributed by atoms with E-state index >= 15 is 0 Å². The second-order valence-corrected chi connectivity index (χ2v) is 4.26. The molecule has 0 aliphatic carbocycles. The number of nitrogens with one attached hydrogen (secondary N) is 1. The summed E-state index contributed by atoms with van der Waals surface area (Å²) in [5, 5.41) is 12.9. The number of methoxy groups -OCH3 is 1. The van der Waals surface area contributed by atoms with Crippen LogP contribution in [-0.4, -0.2) is 49.9 Å². The Hall–Kier alpha value is -0.810. The summed E-state index contributed by atoms with van der Waals surface area (Å²) >= 11 is 0. The summed E-state index contributed by atoms with van der Waals surface area (Å²) in [5.41, 5.74) is 1.12. The molecule has 18 heavy (non-hydrogen) atoms. The van der Waals surface area contributed by atoms with Crippen molar-refractivity contribution in [2.24, 2.45) is 0 Å². The Morgan fingerprint density at radius 3 is 2.72 bits per heavy atom. The monoisotopic (exact) mass is 272 g/mol. The normalized spacial score (nSPS) is 17.9. The first-order valence-corrected chi connectivity index (χ1v) is 6.04. The van der Waals surface area contributed by atoms with Crippen LogP contribution in [0.25, 0.3) is 0 Å². The molecular weight excluding hydrogens is 252 g/mol. The third-order valence-corrected chi connectivity index (χ3v) is 3.24. The van der Waals surface area contributed by atoms with E-state index in [2.05, 4.69) is 10.2 Å². The number of ether oxygens (including phenoxy) is 1. The Morgan fingerprint density at radius 1 is 1.39 bits per heavy atom. The van der Waals surface area contributed by atoms with Gasteiger partial charge in [-0.25, -0.2) is 0 Å². The molecule has 0 radical (unpaired) electrons. The lowest BCUT2D eigenvalue weighted by Gasteiger charge is -2.34. The molecule has 1 fully saturated rings. The van der Waals surface area contributed by atoms with Crippen LogP contribution in [0.1, 0.15) is 11.6 Å². The second kappa shape index (κ2) is 7.59. The molecule has 1 aliphatic rings. The summed E-state index contributed by atoms with van der Waals surface area (Å²) in [4.78, 5) is 2.31. The number of aliphatic hydroxyl groups is 1. The van der Waals surface area contributed by atoms with Gasteiger partial charge >= 0.3 is 0 Å². The first-order chi connectivity index (χ1) is 8.35. The van der Waals surface area contributed by atoms with Crippen molar-refractivity contribution in [3.8, 4) is 5.75 Å². The number of aliphatic hydroxyl groups excluding tert-OH is 1. The Balaban J connectivity index is 0.00000162. The van der Waals surface area contributed by atoms with Crippen LogP contribution < -0.4 is 10.1 Å². The van der Waals surface area contributed by atoms with Gasteiger partial charge in [0.25, 0.3) is 0 Å². The van der Waals surface area contributed by atoms with E-state index in [1.807, 2.05) is 24.3 Å². The summed E-state index contributed by atoms with van der Waals surface area (Å²) in [7, 11) is 1.66. The molecule has 2 N–H and O–H groups in total. The quantitative estimate of drug-likeness (QED) is 0.860. The van der Waals surface area contributed by atoms with Gasteiger partial charge in [0.2, 0.25) is 0 Å². The topological polar surface area (TPSA) is 44.7 Å². The number of hydrogen-bond donors (Lipinski definition) is 2. The van der Waals surface area contributed by atoms with Crippen LogP contribution in [0, 0.1) is 0 Å². The summed E-state index contributed by atoms with van der Waals surface area (Å²) < 4.78 is 5.22. The fourth-order valence-electron chi connectivity index (χ4n) is 2.27. The SMILES string of the molecule is COc1cccc([C@@H](CO)N2CCNCC2)c1.Cl. The molecule has 1 aromatic carbocycles. The molecule has 0 aromatic heterocycles. The van der Waals surface area contributed by atoms with Gasteiger partial charge in [-0.05, 0) is 17.7 Å². The Kier molecular flexibility index (Phi) is 6.43. The highest BCUT2D eigenvalue weighted by Crippen LogP contribution is 2.24. The zero-order valence-corrected chi connectivity index (χ0v) is 11.4. The molecule has 102 valence electrons. The van der Waals surface area contributed by atoms with Crippen LogP contribution >= 0.6 is 12.4 Å². The fourth-order valence-corrected chi connectivity index (χ4v) is 2.27. The van der Waals surface area contributed by atoms with Crippen LogP contribution in [0.4, 0.5) is 0 Å². The molecule has 0 amide bonds. The van der Waals surface area contributed by atoms with Crippen LogP contribution in [0.2, 0.25) is 0 Å². The molecular formula is C13H21ClN2O2. The highest BCUT2D eigenvalue weighted by Gasteiger charge is 2.21. The Morgan fingerprint density at radius 2 is 2.11 bits per heavy atom. The van der Waals surface area contributed by atoms with Gasteiger partial charge in [-0.15, -0.1) is 12.4 Å². The van der Waals surface area contributed by atoms with E-state index in [0.29, 0.717) is 0 Å². The predicted molar refractivity (Wildman–Crippen MR) is 74.5 cm³/mol. The molecule has 1 aliphatic heterocycles. The van der Waals surface area contributed by atoms with E-state index < -0.39 is 0 Å². The number of piperazine rings is 1. The van der Waals surface area contributed by atoms with Gasteiger partial charge in [-0.1, -0.05) is 12.1 Å². The molecule has 0 bridgehead atoms. The van der Waals surface area contributed by atoms with E-state index in [4.69, 9.17) is 4.74 Å². The van der Waals surface area contributed by atoms with Crippen molar-refractivity contribution in [2.75, 3.05) is 39.9 Å². The third kappa shape index (κ3) is 3.59. The largest absolute Gasteiger partial charge is 0.497 e. The minimum atomic E-state index is 0. The average molecular weight is 273 g/mol. The molecule has 1 heterocycles. The van der Waals surface area contributed by atoms with Gasteiger partial charge in [-0.3, -0.25) is 4.90 Å². The predicted octanol–water partition coefficient (Wildman–Crippen LogP) is 1.06. The maximum absolute atomic E-state index is 9.59. The minimum Gasteiger partial charge on any atom is -0.497 e. The molecule has 1 aromatic rings. The summed E-state index contributed by atoms with van der Waals surface area (Å²) in [6.45, 7) is 4.07. The van der Waals surface area contributed by atoms with Gasteiger partial charge in [-0.2, -0.15) is 0 Å². The van der Waals surface area contributed by atoms with Crippen LogP contribution in [-0.2, 0) is 0 Å². The minimum absolute atomic E-state index is 0. The van der Waals surface area contributed by atoms with E-state index in [1.165, 1.54) is 0 Å². The lowest BCUT2D eigenvalue weighted by molar-refractivity contribution is 0.110. The number of hydrogen-bond acceptors (Lipinski definition) is 4. The van der Waals surface area contributed by atoms with Crippen LogP contribution in [0.15, 0.2) is 24.3 Å². The molecule has 5 heteroatoms. The molecule has 0 unspecified atom stereocenters. The third-order valence-electron chi connectivity index (χ3n) is 3.24. The van der Waals surface area contributed by atoms with Gasteiger partial charge in [0.05, 0.1) is 19.8 Å². The zero-order valence-electron chi connectivity index (χ0n) is 10.6. The molecule has 0 spiro atoms. The number of rotatable bonds is 4. The van der Waals surface area contributed by atoms with E-state index in [0.717, 1.165) is 37.5 Å². The Bertz CT molecular complexity index is 357. The molecule has 0 saturated carbocycles. The number of nitrogens with zero attached hydrogens (tertiary/aromatic N) is 1. The molecule has 4 nitrogen and oxygen atoms in total. The van der Waals surface area contributed by atoms with Gasteiger partial charge in [0, 0.05) is 26.2 Å². The van der Waals surface area contributed by atoms with Crippen molar-refractivity contribution >= 4 is 12.4 Å². The van der Waals surface area contributed by atoms with Crippen molar-refractivity contribution < 1.29 is 9.84 Å². The molecule has 1 atom stereocenters. The fraction of sp³-hybridized carbons (Fsp3) is 0.538. The maximum Gasteiger partial charge on any atom is 0.119 e. The first-order valence-electron chi connectivity index (χ1n) is 6.04. The summed E-state index contributed by atoms with van der Waals surface area (Å²) in [6.07, 6.45) is 0. The highest BCUT2D eigenvalue weighted by atomic mass is 35.5. The van der Waals surface area contributed by atoms with Crippen molar-refractivity contribution in [3.05, 3.63) is 29.8 Å². The standard InChI is InChI=1S/C13H20N2O2.ClH/c1-17-12-4-2-3-11(9-12)13(10-16)15-7-5-14-6-8-15;/h2-4,9,13-14,16H,5-8,10H2,1H3;1H/t13-;/m1./s1. The van der Waals surface area contributed by atoms with E-state index in [-0.39, 0.29) is 25.1 Å². The zero-order chi connectivity index (χ0) is 12.1. The molecule has 1 saturated heterocycles. The number of halogens is 1. The van der Waals surface area contributed by atoms with Crippen molar-refractivity contribution in [2.45, 2.75) is 6.04 Å². The highest BCUT2D eigenvalue weighted by molar-refractivity contribution is 5.85. The van der Waals surface area contributed by atoms with Crippen molar-refractivity contribution in [1.29, 1.82) is 0 Å². The van der Waals surface area contributed by atoms with Crippen molar-refractivity contribution in [3.63, 3.8) is 0 Å². The first kappa shape index (κ1) is 15.2. The summed E-state index contributed by atoms with van der Waals surface area (Å²) in [5.74, 6) is 0.844. The average Bonchev–Trinajstić information content (AvgIpc) is 2.41. The van der Waals surface area contributed by atoms with E-state index in [1.54, 1.807) is 7.11 Å². The van der Waals surface area contributed by atoms with Gasteiger partial charge in [0.15, 0.2) is 0 Å². The lowest BCUT2D eigenvalue weighted by Crippen LogP contribution is -2.46. The molecule has 2 rings (SSSR count).